The predicted octanol–water partition coefficient (Wildman–Crippen LogP) is 5.14. The number of hydrogen-bond donors (Lipinski definition) is 0. The van der Waals surface area contributed by atoms with Gasteiger partial charge in [-0.05, 0) is 17.7 Å². The Morgan fingerprint density at radius 2 is 1.32 bits per heavy atom. The van der Waals surface area contributed by atoms with Crippen molar-refractivity contribution in [2.45, 2.75) is 17.2 Å². The second kappa shape index (κ2) is 5.26. The van der Waals surface area contributed by atoms with Crippen LogP contribution in [0.5, 0.6) is 0 Å². The Morgan fingerprint density at radius 1 is 0.842 bits per heavy atom. The predicted molar refractivity (Wildman–Crippen MR) is 53.6 cm³/mol. The van der Waals surface area contributed by atoms with E-state index < -0.39 is 40.3 Å². The summed E-state index contributed by atoms with van der Waals surface area (Å²) in [5, 5.41) is 0. The summed E-state index contributed by atoms with van der Waals surface area (Å²) >= 11 is 2.25. The number of halogens is 9. The number of hydrogen-bond acceptors (Lipinski definition) is 0. The lowest BCUT2D eigenvalue weighted by molar-refractivity contribution is -0.283. The molecule has 0 heterocycles. The summed E-state index contributed by atoms with van der Waals surface area (Å²) in [5.74, 6) is -6.60. The molecule has 1 rings (SSSR count). The zero-order valence-electron chi connectivity index (χ0n) is 8.79. The SMILES string of the molecule is Fc1ccc(C(Br)C(C(F)(F)F)C(F)(F)F)cc1F. The van der Waals surface area contributed by atoms with Crippen molar-refractivity contribution in [3.05, 3.63) is 35.4 Å². The molecule has 0 aromatic heterocycles. The summed E-state index contributed by atoms with van der Waals surface area (Å²) in [7, 11) is 0. The molecule has 0 amide bonds. The van der Waals surface area contributed by atoms with Crippen molar-refractivity contribution in [3.8, 4) is 0 Å². The third kappa shape index (κ3) is 3.80. The normalized spacial score (nSPS) is 14.8. The van der Waals surface area contributed by atoms with Crippen LogP contribution in [0.2, 0.25) is 0 Å². The van der Waals surface area contributed by atoms with Crippen LogP contribution < -0.4 is 0 Å². The molecule has 0 radical (unpaired) electrons. The molecule has 9 heteroatoms. The van der Waals surface area contributed by atoms with Crippen LogP contribution in [0.3, 0.4) is 0 Å². The molecular formula is C10H5BrF8. The monoisotopic (exact) mass is 356 g/mol. The lowest BCUT2D eigenvalue weighted by Gasteiger charge is -2.27. The molecule has 0 bridgehead atoms. The van der Waals surface area contributed by atoms with Gasteiger partial charge in [0.1, 0.15) is 0 Å². The van der Waals surface area contributed by atoms with Crippen LogP contribution in [0.1, 0.15) is 10.4 Å². The van der Waals surface area contributed by atoms with E-state index >= 15 is 0 Å². The second-order valence-corrected chi connectivity index (χ2v) is 4.62. The second-order valence-electron chi connectivity index (χ2n) is 3.64. The number of benzene rings is 1. The number of rotatable bonds is 2. The van der Waals surface area contributed by atoms with E-state index in [1.165, 1.54) is 0 Å². The molecule has 1 atom stereocenters. The zero-order chi connectivity index (χ0) is 15.0. The van der Waals surface area contributed by atoms with Crippen LogP contribution in [0, 0.1) is 17.6 Å². The minimum atomic E-state index is -5.57. The van der Waals surface area contributed by atoms with Crippen molar-refractivity contribution >= 4 is 15.9 Å². The third-order valence-corrected chi connectivity index (χ3v) is 3.32. The molecule has 0 fully saturated rings. The van der Waals surface area contributed by atoms with Crippen molar-refractivity contribution < 1.29 is 35.1 Å². The zero-order valence-corrected chi connectivity index (χ0v) is 10.4. The lowest BCUT2D eigenvalue weighted by Crippen LogP contribution is -2.39. The topological polar surface area (TPSA) is 0 Å². The van der Waals surface area contributed by atoms with Gasteiger partial charge in [-0.25, -0.2) is 8.78 Å². The van der Waals surface area contributed by atoms with E-state index in [1.54, 1.807) is 0 Å². The highest BCUT2D eigenvalue weighted by Crippen LogP contribution is 2.50. The summed E-state index contributed by atoms with van der Waals surface area (Å²) in [5.41, 5.74) is -0.654. The first-order valence-corrected chi connectivity index (χ1v) is 5.58. The first-order valence-electron chi connectivity index (χ1n) is 4.67. The van der Waals surface area contributed by atoms with Crippen LogP contribution >= 0.6 is 15.9 Å². The molecule has 1 unspecified atom stereocenters. The molecule has 19 heavy (non-hydrogen) atoms. The van der Waals surface area contributed by atoms with E-state index in [-0.39, 0.29) is 0 Å². The first kappa shape index (κ1) is 16.2. The third-order valence-electron chi connectivity index (χ3n) is 2.26. The van der Waals surface area contributed by atoms with Gasteiger partial charge >= 0.3 is 12.4 Å². The van der Waals surface area contributed by atoms with Gasteiger partial charge in [-0.3, -0.25) is 0 Å². The van der Waals surface area contributed by atoms with Gasteiger partial charge in [0.25, 0.3) is 0 Å². The lowest BCUT2D eigenvalue weighted by atomic mass is 9.98. The summed E-state index contributed by atoms with van der Waals surface area (Å²) in [6, 6.07) is 1.41. The van der Waals surface area contributed by atoms with Crippen molar-refractivity contribution in [1.29, 1.82) is 0 Å². The van der Waals surface area contributed by atoms with Gasteiger partial charge in [0.15, 0.2) is 17.6 Å². The Balaban J connectivity index is 3.20. The molecule has 0 nitrogen and oxygen atoms in total. The summed E-state index contributed by atoms with van der Waals surface area (Å²) in [4.78, 5) is -2.26. The molecular weight excluding hydrogens is 352 g/mol. The average molecular weight is 357 g/mol. The Morgan fingerprint density at radius 3 is 1.68 bits per heavy atom. The molecule has 0 aliphatic heterocycles. The van der Waals surface area contributed by atoms with E-state index in [0.717, 1.165) is 0 Å². The van der Waals surface area contributed by atoms with Crippen LogP contribution in [0.25, 0.3) is 0 Å². The highest BCUT2D eigenvalue weighted by atomic mass is 79.9. The smallest absolute Gasteiger partial charge is 0.204 e. The fraction of sp³-hybridized carbons (Fsp3) is 0.400. The fourth-order valence-electron chi connectivity index (χ4n) is 1.39. The average Bonchev–Trinajstić information content (AvgIpc) is 2.17. The van der Waals surface area contributed by atoms with Gasteiger partial charge in [-0.2, -0.15) is 26.3 Å². The molecule has 1 aromatic carbocycles. The van der Waals surface area contributed by atoms with E-state index in [0.29, 0.717) is 18.2 Å². The molecule has 0 aliphatic rings. The summed E-state index contributed by atoms with van der Waals surface area (Å²) in [6.07, 6.45) is -11.1. The highest BCUT2D eigenvalue weighted by molar-refractivity contribution is 9.09. The molecule has 0 aliphatic carbocycles. The Labute approximate surface area is 110 Å². The van der Waals surface area contributed by atoms with Crippen LogP contribution in [0.15, 0.2) is 18.2 Å². The Hall–Kier alpha value is -0.860. The summed E-state index contributed by atoms with van der Waals surface area (Å²) < 4.78 is 99.9. The fourth-order valence-corrected chi connectivity index (χ4v) is 2.28. The molecule has 0 spiro atoms. The van der Waals surface area contributed by atoms with Crippen molar-refractivity contribution in [2.24, 2.45) is 5.92 Å². The van der Waals surface area contributed by atoms with Crippen molar-refractivity contribution in [2.75, 3.05) is 0 Å². The standard InChI is InChI=1S/C10H5BrF8/c11-7(4-1-2-5(12)6(13)3-4)8(9(14,15)16)10(17,18)19/h1-3,7-8H. The van der Waals surface area contributed by atoms with E-state index in [9.17, 15) is 35.1 Å². The number of alkyl halides is 7. The largest absolute Gasteiger partial charge is 0.401 e. The van der Waals surface area contributed by atoms with Gasteiger partial charge in [0, 0.05) is 0 Å². The van der Waals surface area contributed by atoms with Gasteiger partial charge in [0.05, 0.1) is 4.83 Å². The van der Waals surface area contributed by atoms with Gasteiger partial charge in [-0.15, -0.1) is 0 Å². The maximum absolute atomic E-state index is 12.8. The van der Waals surface area contributed by atoms with E-state index in [1.807, 2.05) is 0 Å². The van der Waals surface area contributed by atoms with Crippen molar-refractivity contribution in [1.82, 2.24) is 0 Å². The van der Waals surface area contributed by atoms with Crippen LogP contribution in [-0.2, 0) is 0 Å². The van der Waals surface area contributed by atoms with Crippen LogP contribution in [-0.4, -0.2) is 12.4 Å². The molecule has 108 valence electrons. The molecule has 0 saturated carbocycles. The van der Waals surface area contributed by atoms with Gasteiger partial charge < -0.3 is 0 Å². The van der Waals surface area contributed by atoms with Gasteiger partial charge in [0.2, 0.25) is 0 Å². The molecule has 1 aromatic rings. The molecule has 0 saturated heterocycles. The van der Waals surface area contributed by atoms with E-state index in [4.69, 9.17) is 0 Å². The minimum absolute atomic E-state index is 0.291. The maximum atomic E-state index is 12.8. The van der Waals surface area contributed by atoms with Gasteiger partial charge in [-0.1, -0.05) is 22.0 Å². The van der Waals surface area contributed by atoms with Crippen molar-refractivity contribution in [3.63, 3.8) is 0 Å². The van der Waals surface area contributed by atoms with Crippen LogP contribution in [0.4, 0.5) is 35.1 Å². The quantitative estimate of drug-likeness (QED) is 0.508. The van der Waals surface area contributed by atoms with E-state index in [2.05, 4.69) is 15.9 Å². The highest BCUT2D eigenvalue weighted by Gasteiger charge is 2.60. The Kier molecular flexibility index (Phi) is 4.48. The maximum Gasteiger partial charge on any atom is 0.401 e. The summed E-state index contributed by atoms with van der Waals surface area (Å²) in [6.45, 7) is 0. The Bertz CT molecular complexity index is 436. The first-order chi connectivity index (χ1) is 8.44. The molecule has 0 N–H and O–H groups in total. The minimum Gasteiger partial charge on any atom is -0.204 e.